The van der Waals surface area contributed by atoms with Gasteiger partial charge < -0.3 is 20.5 Å². The summed E-state index contributed by atoms with van der Waals surface area (Å²) >= 11 is 0. The largest absolute Gasteiger partial charge is 0.382 e. The predicted molar refractivity (Wildman–Crippen MR) is 138 cm³/mol. The number of hydrogen-bond donors (Lipinski definition) is 3. The highest BCUT2D eigenvalue weighted by atomic mass is 16.2. The Balaban J connectivity index is 1.48. The molecule has 6 heteroatoms. The zero-order valence-electron chi connectivity index (χ0n) is 19.1. The van der Waals surface area contributed by atoms with E-state index >= 15 is 0 Å². The lowest BCUT2D eigenvalue weighted by Crippen LogP contribution is -2.36. The Morgan fingerprint density at radius 2 is 1.76 bits per heavy atom. The quantitative estimate of drug-likeness (QED) is 0.384. The Bertz CT molecular complexity index is 1360. The molecule has 1 amide bonds. The second-order valence-electron chi connectivity index (χ2n) is 9.15. The third kappa shape index (κ3) is 3.76. The van der Waals surface area contributed by atoms with Gasteiger partial charge in [-0.05, 0) is 68.9 Å². The van der Waals surface area contributed by atoms with Crippen LogP contribution in [0.3, 0.4) is 0 Å². The number of carbonyl (C=O) groups is 1. The van der Waals surface area contributed by atoms with Crippen LogP contribution in [0.5, 0.6) is 0 Å². The smallest absolute Gasteiger partial charge is 0.257 e. The van der Waals surface area contributed by atoms with E-state index in [0.717, 1.165) is 65.0 Å². The number of carbonyl (C=O) groups excluding carboxylic acids is 1. The standard InChI is InChI=1S/C28H27N5O/c1-33-15-13-19(14-16-33)29-20-11-12-22-21(17-20)26(28(34)32-22)25(18-7-3-2-4-8-18)27-30-23-9-5-6-10-24(23)31-27/h2-12,17,19,29H,13-16H2,1H3,(H,30,31)(H,32,34)/b26-25-. The number of fused-ring (bicyclic) bond motifs is 2. The number of nitrogens with one attached hydrogen (secondary N) is 3. The van der Waals surface area contributed by atoms with Crippen molar-refractivity contribution in [2.45, 2.75) is 18.9 Å². The van der Waals surface area contributed by atoms with E-state index in [1.54, 1.807) is 0 Å². The zero-order chi connectivity index (χ0) is 23.1. The lowest BCUT2D eigenvalue weighted by atomic mass is 9.94. The minimum absolute atomic E-state index is 0.106. The summed E-state index contributed by atoms with van der Waals surface area (Å²) in [5, 5.41) is 6.76. The average molecular weight is 450 g/mol. The summed E-state index contributed by atoms with van der Waals surface area (Å²) in [5.74, 6) is 0.588. The molecule has 6 rings (SSSR count). The van der Waals surface area contributed by atoms with E-state index in [9.17, 15) is 4.79 Å². The van der Waals surface area contributed by atoms with Crippen LogP contribution >= 0.6 is 0 Å². The van der Waals surface area contributed by atoms with E-state index in [-0.39, 0.29) is 5.91 Å². The molecule has 3 N–H and O–H groups in total. The van der Waals surface area contributed by atoms with Crippen LogP contribution in [0.15, 0.2) is 72.8 Å². The maximum Gasteiger partial charge on any atom is 0.257 e. The molecule has 1 aromatic heterocycles. The molecule has 34 heavy (non-hydrogen) atoms. The summed E-state index contributed by atoms with van der Waals surface area (Å²) < 4.78 is 0. The first-order valence-corrected chi connectivity index (χ1v) is 11.8. The van der Waals surface area contributed by atoms with Crippen LogP contribution in [0.4, 0.5) is 11.4 Å². The fourth-order valence-electron chi connectivity index (χ4n) is 4.97. The number of imidazole rings is 1. The van der Waals surface area contributed by atoms with Gasteiger partial charge in [0.2, 0.25) is 0 Å². The summed E-state index contributed by atoms with van der Waals surface area (Å²) in [6, 6.07) is 24.6. The average Bonchev–Trinajstić information content (AvgIpc) is 3.42. The third-order valence-electron chi connectivity index (χ3n) is 6.79. The van der Waals surface area contributed by atoms with Crippen LogP contribution in [0.2, 0.25) is 0 Å². The lowest BCUT2D eigenvalue weighted by Gasteiger charge is -2.30. The van der Waals surface area contributed by atoms with Crippen molar-refractivity contribution in [1.29, 1.82) is 0 Å². The van der Waals surface area contributed by atoms with Gasteiger partial charge in [0.05, 0.1) is 16.6 Å². The van der Waals surface area contributed by atoms with Crippen LogP contribution in [0, 0.1) is 0 Å². The maximum atomic E-state index is 13.3. The van der Waals surface area contributed by atoms with Gasteiger partial charge in [0.25, 0.3) is 5.91 Å². The fraction of sp³-hybridized carbons (Fsp3) is 0.214. The number of benzene rings is 3. The van der Waals surface area contributed by atoms with E-state index in [1.807, 2.05) is 60.7 Å². The number of aromatic nitrogens is 2. The van der Waals surface area contributed by atoms with Crippen LogP contribution in [0.25, 0.3) is 22.2 Å². The van der Waals surface area contributed by atoms with Crippen molar-refractivity contribution in [3.8, 4) is 0 Å². The second kappa shape index (κ2) is 8.47. The maximum absolute atomic E-state index is 13.3. The van der Waals surface area contributed by atoms with E-state index in [0.29, 0.717) is 17.4 Å². The number of hydrogen-bond acceptors (Lipinski definition) is 4. The number of aromatic amines is 1. The van der Waals surface area contributed by atoms with Crippen molar-refractivity contribution in [2.75, 3.05) is 30.8 Å². The summed E-state index contributed by atoms with van der Waals surface area (Å²) in [4.78, 5) is 24.0. The van der Waals surface area contributed by atoms with Crippen LogP contribution in [-0.2, 0) is 4.79 Å². The molecule has 2 aliphatic rings. The van der Waals surface area contributed by atoms with E-state index < -0.39 is 0 Å². The highest BCUT2D eigenvalue weighted by Gasteiger charge is 2.30. The van der Waals surface area contributed by atoms with Gasteiger partial charge in [-0.2, -0.15) is 0 Å². The van der Waals surface area contributed by atoms with E-state index in [4.69, 9.17) is 4.98 Å². The van der Waals surface area contributed by atoms with Gasteiger partial charge in [-0.25, -0.2) is 4.98 Å². The molecule has 0 spiro atoms. The number of amides is 1. The Morgan fingerprint density at radius 1 is 1.00 bits per heavy atom. The van der Waals surface area contributed by atoms with Crippen molar-refractivity contribution < 1.29 is 4.79 Å². The molecular formula is C28H27N5O. The summed E-state index contributed by atoms with van der Waals surface area (Å²) in [7, 11) is 2.17. The topological polar surface area (TPSA) is 73.0 Å². The highest BCUT2D eigenvalue weighted by molar-refractivity contribution is 6.38. The minimum atomic E-state index is -0.106. The summed E-state index contributed by atoms with van der Waals surface area (Å²) in [5.41, 5.74) is 7.01. The van der Waals surface area contributed by atoms with Crippen molar-refractivity contribution >= 4 is 39.5 Å². The molecule has 0 unspecified atom stereocenters. The van der Waals surface area contributed by atoms with Gasteiger partial charge >= 0.3 is 0 Å². The molecule has 0 atom stereocenters. The number of para-hydroxylation sites is 2. The number of piperidine rings is 1. The van der Waals surface area contributed by atoms with Crippen molar-refractivity contribution in [1.82, 2.24) is 14.9 Å². The third-order valence-corrected chi connectivity index (χ3v) is 6.79. The number of likely N-dealkylation sites (tertiary alicyclic amines) is 1. The molecule has 3 heterocycles. The first kappa shape index (κ1) is 20.7. The molecule has 0 aliphatic carbocycles. The number of H-pyrrole nitrogens is 1. The van der Waals surface area contributed by atoms with Gasteiger partial charge in [-0.3, -0.25) is 4.79 Å². The van der Waals surface area contributed by atoms with Gasteiger partial charge in [0, 0.05) is 28.6 Å². The fourth-order valence-corrected chi connectivity index (χ4v) is 4.97. The van der Waals surface area contributed by atoms with Crippen molar-refractivity contribution in [3.63, 3.8) is 0 Å². The molecule has 0 radical (unpaired) electrons. The lowest BCUT2D eigenvalue weighted by molar-refractivity contribution is -0.110. The Hall–Kier alpha value is -3.90. The van der Waals surface area contributed by atoms with Crippen molar-refractivity contribution in [3.05, 3.63) is 89.7 Å². The Labute approximate surface area is 198 Å². The molecule has 1 saturated heterocycles. The molecule has 3 aromatic carbocycles. The first-order chi connectivity index (χ1) is 16.7. The van der Waals surface area contributed by atoms with Gasteiger partial charge in [-0.1, -0.05) is 42.5 Å². The molecule has 4 aromatic rings. The van der Waals surface area contributed by atoms with Crippen LogP contribution in [-0.4, -0.2) is 47.0 Å². The monoisotopic (exact) mass is 449 g/mol. The van der Waals surface area contributed by atoms with Crippen LogP contribution < -0.4 is 10.6 Å². The molecular weight excluding hydrogens is 422 g/mol. The van der Waals surface area contributed by atoms with E-state index in [2.05, 4.69) is 39.7 Å². The number of rotatable bonds is 4. The first-order valence-electron chi connectivity index (χ1n) is 11.8. The molecule has 1 fully saturated rings. The Morgan fingerprint density at radius 3 is 2.56 bits per heavy atom. The summed E-state index contributed by atoms with van der Waals surface area (Å²) in [6.45, 7) is 2.19. The van der Waals surface area contributed by atoms with Gasteiger partial charge in [0.1, 0.15) is 5.82 Å². The molecule has 0 bridgehead atoms. The number of anilines is 2. The van der Waals surface area contributed by atoms with Gasteiger partial charge in [0.15, 0.2) is 0 Å². The van der Waals surface area contributed by atoms with Crippen molar-refractivity contribution in [2.24, 2.45) is 0 Å². The summed E-state index contributed by atoms with van der Waals surface area (Å²) in [6.07, 6.45) is 2.23. The zero-order valence-corrected chi connectivity index (χ0v) is 19.1. The van der Waals surface area contributed by atoms with Crippen LogP contribution in [0.1, 0.15) is 29.8 Å². The number of nitrogens with zero attached hydrogens (tertiary/aromatic N) is 2. The highest BCUT2D eigenvalue weighted by Crippen LogP contribution is 2.41. The normalized spacial score (nSPS) is 18.1. The SMILES string of the molecule is CN1CCC(Nc2ccc3c(c2)/C(=C(\c2ccccc2)c2nc4ccccc4[nH]2)C(=O)N3)CC1. The predicted octanol–water partition coefficient (Wildman–Crippen LogP) is 4.98. The molecule has 2 aliphatic heterocycles. The second-order valence-corrected chi connectivity index (χ2v) is 9.15. The minimum Gasteiger partial charge on any atom is -0.382 e. The Kier molecular flexibility index (Phi) is 5.15. The molecule has 6 nitrogen and oxygen atoms in total. The molecule has 0 saturated carbocycles. The van der Waals surface area contributed by atoms with E-state index in [1.165, 1.54) is 0 Å². The molecule has 170 valence electrons. The van der Waals surface area contributed by atoms with Gasteiger partial charge in [-0.15, -0.1) is 0 Å².